The van der Waals surface area contributed by atoms with Crippen molar-refractivity contribution < 1.29 is 13.9 Å². The minimum atomic E-state index is -0.677. The van der Waals surface area contributed by atoms with Gasteiger partial charge in [0.05, 0.1) is 29.0 Å². The molecule has 0 unspecified atom stereocenters. The first-order valence-electron chi connectivity index (χ1n) is 12.0. The zero-order chi connectivity index (χ0) is 26.5. The van der Waals surface area contributed by atoms with Gasteiger partial charge < -0.3 is 9.64 Å². The normalized spacial score (nSPS) is 14.8. The Morgan fingerprint density at radius 2 is 2.03 bits per heavy atom. The molecule has 1 aliphatic heterocycles. The van der Waals surface area contributed by atoms with Crippen molar-refractivity contribution in [3.05, 3.63) is 86.8 Å². The summed E-state index contributed by atoms with van der Waals surface area (Å²) in [5.41, 5.74) is 1.86. The Labute approximate surface area is 227 Å². The fourth-order valence-corrected chi connectivity index (χ4v) is 5.17. The minimum absolute atomic E-state index is 0.000952. The zero-order valence-corrected chi connectivity index (χ0v) is 22.3. The third-order valence-corrected chi connectivity index (χ3v) is 7.19. The van der Waals surface area contributed by atoms with Crippen LogP contribution < -0.4 is 4.80 Å². The van der Waals surface area contributed by atoms with E-state index in [1.54, 1.807) is 29.0 Å². The van der Waals surface area contributed by atoms with Crippen LogP contribution in [0.3, 0.4) is 0 Å². The van der Waals surface area contributed by atoms with Gasteiger partial charge in [0, 0.05) is 57.6 Å². The average Bonchev–Trinajstić information content (AvgIpc) is 3.58. The summed E-state index contributed by atoms with van der Waals surface area (Å²) in [6.45, 7) is 3.75. The van der Waals surface area contributed by atoms with Gasteiger partial charge in [-0.05, 0) is 29.8 Å². The predicted octanol–water partition coefficient (Wildman–Crippen LogP) is 3.17. The summed E-state index contributed by atoms with van der Waals surface area (Å²) in [4.78, 5) is 27.1. The maximum Gasteiger partial charge on any atom is 0.256 e. The fraction of sp³-hybridized carbons (Fsp3) is 0.320. The third kappa shape index (κ3) is 6.16. The molecule has 13 heteroatoms. The summed E-state index contributed by atoms with van der Waals surface area (Å²) < 4.78 is 23.3. The number of halogens is 2. The third-order valence-electron chi connectivity index (χ3n) is 6.11. The van der Waals surface area contributed by atoms with Gasteiger partial charge in [-0.15, -0.1) is 16.4 Å². The molecule has 198 valence electrons. The lowest BCUT2D eigenvalue weighted by Crippen LogP contribution is -2.48. The first-order chi connectivity index (χ1) is 18.5. The fourth-order valence-electron chi connectivity index (χ4n) is 4.27. The highest BCUT2D eigenvalue weighted by molar-refractivity contribution is 7.07. The Morgan fingerprint density at radius 3 is 2.79 bits per heavy atom. The molecule has 10 nitrogen and oxygen atoms in total. The van der Waals surface area contributed by atoms with Crippen LogP contribution in [0.1, 0.15) is 21.6 Å². The number of carbonyl (C=O) groups is 1. The van der Waals surface area contributed by atoms with Gasteiger partial charge in [-0.1, -0.05) is 22.9 Å². The van der Waals surface area contributed by atoms with Crippen LogP contribution in [0.2, 0.25) is 5.02 Å². The molecule has 0 bridgehead atoms. The molecule has 5 rings (SSSR count). The van der Waals surface area contributed by atoms with Gasteiger partial charge in [0.15, 0.2) is 16.4 Å². The van der Waals surface area contributed by atoms with Crippen molar-refractivity contribution in [1.29, 1.82) is 0 Å². The highest BCUT2D eigenvalue weighted by Gasteiger charge is 2.25. The number of benzene rings is 1. The van der Waals surface area contributed by atoms with Gasteiger partial charge in [-0.2, -0.15) is 0 Å². The van der Waals surface area contributed by atoms with Crippen LogP contribution in [0, 0.1) is 5.82 Å². The molecule has 0 N–H and O–H groups in total. The van der Waals surface area contributed by atoms with Crippen molar-refractivity contribution in [1.82, 2.24) is 34.3 Å². The number of carbonyl (C=O) groups excluding carboxylic acids is 1. The number of amides is 1. The van der Waals surface area contributed by atoms with Gasteiger partial charge in [-0.3, -0.25) is 14.3 Å². The zero-order valence-electron chi connectivity index (χ0n) is 20.7. The summed E-state index contributed by atoms with van der Waals surface area (Å²) in [7, 11) is 1.64. The van der Waals surface area contributed by atoms with Crippen molar-refractivity contribution in [2.45, 2.75) is 19.8 Å². The lowest BCUT2D eigenvalue weighted by atomic mass is 10.1. The van der Waals surface area contributed by atoms with E-state index in [0.717, 1.165) is 16.1 Å². The molecule has 0 saturated carbocycles. The van der Waals surface area contributed by atoms with Crippen LogP contribution in [-0.4, -0.2) is 73.5 Å². The Balaban J connectivity index is 1.32. The van der Waals surface area contributed by atoms with Crippen LogP contribution in [0.4, 0.5) is 10.2 Å². The maximum absolute atomic E-state index is 14.4. The van der Waals surface area contributed by atoms with Gasteiger partial charge in [0.25, 0.3) is 5.91 Å². The highest BCUT2D eigenvalue weighted by atomic mass is 35.5. The van der Waals surface area contributed by atoms with E-state index in [4.69, 9.17) is 26.3 Å². The maximum atomic E-state index is 14.4. The molecule has 0 spiro atoms. The van der Waals surface area contributed by atoms with Crippen molar-refractivity contribution >= 4 is 34.7 Å². The number of methoxy groups -OCH3 is 1. The van der Waals surface area contributed by atoms with Gasteiger partial charge in [-0.25, -0.2) is 19.0 Å². The van der Waals surface area contributed by atoms with Crippen molar-refractivity contribution in [3.8, 4) is 0 Å². The Morgan fingerprint density at radius 1 is 1.18 bits per heavy atom. The number of piperazine rings is 1. The number of nitrogens with zero attached hydrogens (tertiary/aromatic N) is 8. The van der Waals surface area contributed by atoms with Crippen molar-refractivity contribution in [2.24, 2.45) is 4.99 Å². The number of ether oxygens (including phenoxy) is 1. The topological polar surface area (TPSA) is 93.7 Å². The van der Waals surface area contributed by atoms with Crippen LogP contribution in [0.25, 0.3) is 0 Å². The standard InChI is InChI=1S/C25H26ClFN8O2S/c1-37-17-34-11-12-38-25(34)30-22-14-18(15-35-6-5-28-31-35)13-19(29-22)16-32-7-9-33(10-8-32)24(36)20-3-2-4-21(26)23(20)27/h2-6,11-14H,7-10,15-17H2,1H3. The molecule has 0 atom stereocenters. The molecule has 0 radical (unpaired) electrons. The summed E-state index contributed by atoms with van der Waals surface area (Å²) in [6.07, 6.45) is 5.37. The van der Waals surface area contributed by atoms with Gasteiger partial charge in [0.2, 0.25) is 0 Å². The quantitative estimate of drug-likeness (QED) is 0.331. The van der Waals surface area contributed by atoms with E-state index in [2.05, 4.69) is 15.2 Å². The number of rotatable bonds is 8. The number of hydrogen-bond acceptors (Lipinski definition) is 8. The largest absolute Gasteiger partial charge is 0.364 e. The van der Waals surface area contributed by atoms with E-state index >= 15 is 0 Å². The minimum Gasteiger partial charge on any atom is -0.364 e. The van der Waals surface area contributed by atoms with E-state index in [9.17, 15) is 9.18 Å². The molecule has 1 fully saturated rings. The highest BCUT2D eigenvalue weighted by Crippen LogP contribution is 2.21. The number of thiazole rings is 1. The second-order valence-corrected chi connectivity index (χ2v) is 10.1. The first kappa shape index (κ1) is 26.2. The van der Waals surface area contributed by atoms with E-state index in [0.29, 0.717) is 51.8 Å². The Hall–Kier alpha value is -3.45. The monoisotopic (exact) mass is 556 g/mol. The molecule has 4 heterocycles. The Bertz CT molecular complexity index is 1460. The second kappa shape index (κ2) is 11.9. The molecule has 0 aliphatic carbocycles. The van der Waals surface area contributed by atoms with Crippen molar-refractivity contribution in [2.75, 3.05) is 33.3 Å². The molecular formula is C25H26ClFN8O2S. The molecule has 1 aliphatic rings. The summed E-state index contributed by atoms with van der Waals surface area (Å²) >= 11 is 7.37. The predicted molar refractivity (Wildman–Crippen MR) is 140 cm³/mol. The summed E-state index contributed by atoms with van der Waals surface area (Å²) in [6, 6.07) is 8.47. The number of hydrogen-bond donors (Lipinski definition) is 0. The molecule has 38 heavy (non-hydrogen) atoms. The SMILES string of the molecule is COCn1ccsc1=Nc1cc(Cn2ccnn2)cc(CN2CCN(C(=O)c3cccc(Cl)c3F)CC2)n1. The summed E-state index contributed by atoms with van der Waals surface area (Å²) in [5.74, 6) is -0.432. The van der Waals surface area contributed by atoms with Crippen LogP contribution >= 0.6 is 22.9 Å². The molecule has 3 aromatic heterocycles. The molecule has 1 aromatic carbocycles. The van der Waals surface area contributed by atoms with Gasteiger partial charge >= 0.3 is 0 Å². The first-order valence-corrected chi connectivity index (χ1v) is 13.2. The molecule has 1 amide bonds. The van der Waals surface area contributed by atoms with E-state index in [1.807, 2.05) is 34.5 Å². The Kier molecular flexibility index (Phi) is 8.23. The van der Waals surface area contributed by atoms with Crippen LogP contribution in [-0.2, 0) is 24.6 Å². The molecule has 4 aromatic rings. The molecule has 1 saturated heterocycles. The lowest BCUT2D eigenvalue weighted by Gasteiger charge is -2.34. The molecular weight excluding hydrogens is 531 g/mol. The second-order valence-electron chi connectivity index (χ2n) is 8.78. The smallest absolute Gasteiger partial charge is 0.256 e. The van der Waals surface area contributed by atoms with E-state index < -0.39 is 5.82 Å². The van der Waals surface area contributed by atoms with E-state index in [-0.39, 0.29) is 16.5 Å². The van der Waals surface area contributed by atoms with Crippen LogP contribution in [0.5, 0.6) is 0 Å². The summed E-state index contributed by atoms with van der Waals surface area (Å²) in [5, 5.41) is 9.87. The van der Waals surface area contributed by atoms with Gasteiger partial charge in [0.1, 0.15) is 6.73 Å². The van der Waals surface area contributed by atoms with Crippen molar-refractivity contribution in [3.63, 3.8) is 0 Å². The number of aromatic nitrogens is 5. The lowest BCUT2D eigenvalue weighted by molar-refractivity contribution is 0.0622. The van der Waals surface area contributed by atoms with Crippen LogP contribution in [0.15, 0.2) is 59.3 Å². The number of pyridine rings is 1. The van der Waals surface area contributed by atoms with E-state index in [1.165, 1.54) is 23.5 Å². The average molecular weight is 557 g/mol.